The van der Waals surface area contributed by atoms with Gasteiger partial charge in [0, 0.05) is 26.1 Å². The normalized spacial score (nSPS) is 11.5. The lowest BCUT2D eigenvalue weighted by atomic mass is 9.98. The molecule has 3 N–H and O–H groups in total. The second-order valence-corrected chi connectivity index (χ2v) is 3.81. The van der Waals surface area contributed by atoms with Crippen LogP contribution in [0.5, 0.6) is 0 Å². The van der Waals surface area contributed by atoms with Crippen LogP contribution in [0.3, 0.4) is 0 Å². The third kappa shape index (κ3) is 6.47. The molecule has 0 heterocycles. The van der Waals surface area contributed by atoms with Gasteiger partial charge in [-0.3, -0.25) is 4.79 Å². The van der Waals surface area contributed by atoms with E-state index in [0.717, 1.165) is 12.8 Å². The van der Waals surface area contributed by atoms with Crippen LogP contribution in [-0.4, -0.2) is 36.2 Å². The highest BCUT2D eigenvalue weighted by Crippen LogP contribution is 2.12. The lowest BCUT2D eigenvalue weighted by Gasteiger charge is -2.25. The molecule has 15 heavy (non-hydrogen) atoms. The summed E-state index contributed by atoms with van der Waals surface area (Å²) in [7, 11) is 0. The molecule has 4 nitrogen and oxygen atoms in total. The number of aliphatic hydroxyl groups is 1. The zero-order valence-electron chi connectivity index (χ0n) is 10.1. The number of carbonyl (C=O) groups is 1. The molecule has 0 saturated heterocycles. The minimum Gasteiger partial charge on any atom is -0.389 e. The van der Waals surface area contributed by atoms with Crippen molar-refractivity contribution >= 4 is 5.91 Å². The van der Waals surface area contributed by atoms with Crippen LogP contribution in [-0.2, 0) is 4.79 Å². The molecule has 1 amide bonds. The van der Waals surface area contributed by atoms with E-state index in [2.05, 4.69) is 10.6 Å². The van der Waals surface area contributed by atoms with Gasteiger partial charge >= 0.3 is 0 Å². The summed E-state index contributed by atoms with van der Waals surface area (Å²) < 4.78 is 0. The maximum Gasteiger partial charge on any atom is 0.221 e. The van der Waals surface area contributed by atoms with Crippen molar-refractivity contribution in [2.45, 2.75) is 45.6 Å². The number of nitrogens with one attached hydrogen (secondary N) is 2. The van der Waals surface area contributed by atoms with Crippen LogP contribution in [0.1, 0.15) is 40.0 Å². The number of hydrogen-bond acceptors (Lipinski definition) is 3. The maximum absolute atomic E-state index is 11.1. The minimum atomic E-state index is -0.624. The zero-order valence-corrected chi connectivity index (χ0v) is 10.1. The third-order valence-corrected chi connectivity index (χ3v) is 2.67. The van der Waals surface area contributed by atoms with Gasteiger partial charge in [0.25, 0.3) is 0 Å². The van der Waals surface area contributed by atoms with Gasteiger partial charge in [-0.05, 0) is 19.8 Å². The Kier molecular flexibility index (Phi) is 7.34. The SMILES string of the molecule is CCNC(=O)CCNCC(O)(CC)CC. The van der Waals surface area contributed by atoms with Crippen LogP contribution >= 0.6 is 0 Å². The first-order valence-electron chi connectivity index (χ1n) is 5.77. The molecule has 0 atom stereocenters. The number of carbonyl (C=O) groups excluding carboxylic acids is 1. The van der Waals surface area contributed by atoms with Crippen LogP contribution in [0, 0.1) is 0 Å². The summed E-state index contributed by atoms with van der Waals surface area (Å²) in [4.78, 5) is 11.1. The van der Waals surface area contributed by atoms with Crippen molar-refractivity contribution in [3.8, 4) is 0 Å². The summed E-state index contributed by atoms with van der Waals surface area (Å²) in [5.41, 5.74) is -0.624. The van der Waals surface area contributed by atoms with Crippen LogP contribution in [0.2, 0.25) is 0 Å². The number of amides is 1. The summed E-state index contributed by atoms with van der Waals surface area (Å²) in [5, 5.41) is 15.8. The number of rotatable bonds is 8. The molecule has 0 aliphatic carbocycles. The lowest BCUT2D eigenvalue weighted by molar-refractivity contribution is -0.120. The molecule has 0 unspecified atom stereocenters. The Morgan fingerprint density at radius 3 is 2.33 bits per heavy atom. The molecule has 0 radical (unpaired) electrons. The Morgan fingerprint density at radius 1 is 1.27 bits per heavy atom. The standard InChI is InChI=1S/C11H24N2O2/c1-4-11(15,5-2)9-12-8-7-10(14)13-6-3/h12,15H,4-9H2,1-3H3,(H,13,14). The van der Waals surface area contributed by atoms with Gasteiger partial charge < -0.3 is 15.7 Å². The first kappa shape index (κ1) is 14.4. The molecule has 0 fully saturated rings. The van der Waals surface area contributed by atoms with Crippen molar-refractivity contribution in [1.29, 1.82) is 0 Å². The van der Waals surface area contributed by atoms with E-state index in [-0.39, 0.29) is 5.91 Å². The molecule has 0 aromatic heterocycles. The molecule has 0 spiro atoms. The van der Waals surface area contributed by atoms with Crippen molar-refractivity contribution < 1.29 is 9.90 Å². The second kappa shape index (κ2) is 7.65. The fraction of sp³-hybridized carbons (Fsp3) is 0.909. The van der Waals surface area contributed by atoms with E-state index < -0.39 is 5.60 Å². The summed E-state index contributed by atoms with van der Waals surface area (Å²) in [5.74, 6) is 0.0570. The van der Waals surface area contributed by atoms with Crippen molar-refractivity contribution in [2.75, 3.05) is 19.6 Å². The molecule has 0 aliphatic rings. The molecule has 0 aromatic rings. The molecule has 90 valence electrons. The summed E-state index contributed by atoms with van der Waals surface area (Å²) in [6.07, 6.45) is 1.94. The topological polar surface area (TPSA) is 61.4 Å². The van der Waals surface area contributed by atoms with Crippen molar-refractivity contribution in [1.82, 2.24) is 10.6 Å². The second-order valence-electron chi connectivity index (χ2n) is 3.81. The molecule has 4 heteroatoms. The quantitative estimate of drug-likeness (QED) is 0.522. The predicted molar refractivity (Wildman–Crippen MR) is 61.7 cm³/mol. The maximum atomic E-state index is 11.1. The van der Waals surface area contributed by atoms with E-state index >= 15 is 0 Å². The Bertz CT molecular complexity index is 179. The predicted octanol–water partition coefficient (Wildman–Crippen LogP) is 0.653. The Balaban J connectivity index is 3.57. The molecule has 0 saturated carbocycles. The smallest absolute Gasteiger partial charge is 0.221 e. The van der Waals surface area contributed by atoms with E-state index in [4.69, 9.17) is 0 Å². The average molecular weight is 216 g/mol. The van der Waals surface area contributed by atoms with Crippen LogP contribution in [0.4, 0.5) is 0 Å². The molecule has 0 aliphatic heterocycles. The first-order valence-corrected chi connectivity index (χ1v) is 5.77. The molecular formula is C11H24N2O2. The van der Waals surface area contributed by atoms with E-state index in [1.807, 2.05) is 20.8 Å². The van der Waals surface area contributed by atoms with Crippen LogP contribution in [0.15, 0.2) is 0 Å². The average Bonchev–Trinajstić information content (AvgIpc) is 2.24. The molecule has 0 bridgehead atoms. The van der Waals surface area contributed by atoms with Crippen LogP contribution in [0.25, 0.3) is 0 Å². The Hall–Kier alpha value is -0.610. The van der Waals surface area contributed by atoms with Gasteiger partial charge in [0.15, 0.2) is 0 Å². The minimum absolute atomic E-state index is 0.0570. The Labute approximate surface area is 92.4 Å². The van der Waals surface area contributed by atoms with E-state index in [1.165, 1.54) is 0 Å². The fourth-order valence-corrected chi connectivity index (χ4v) is 1.31. The van der Waals surface area contributed by atoms with Gasteiger partial charge in [0.1, 0.15) is 0 Å². The summed E-state index contributed by atoms with van der Waals surface area (Å²) in [6, 6.07) is 0. The Morgan fingerprint density at radius 2 is 1.87 bits per heavy atom. The highest BCUT2D eigenvalue weighted by atomic mass is 16.3. The van der Waals surface area contributed by atoms with Gasteiger partial charge in [0.05, 0.1) is 5.60 Å². The molecular weight excluding hydrogens is 192 g/mol. The monoisotopic (exact) mass is 216 g/mol. The molecule has 0 aromatic carbocycles. The summed E-state index contributed by atoms with van der Waals surface area (Å²) >= 11 is 0. The molecule has 0 rings (SSSR count). The first-order chi connectivity index (χ1) is 7.08. The van der Waals surface area contributed by atoms with E-state index in [9.17, 15) is 9.90 Å². The highest BCUT2D eigenvalue weighted by molar-refractivity contribution is 5.75. The number of hydrogen-bond donors (Lipinski definition) is 3. The van der Waals surface area contributed by atoms with Gasteiger partial charge in [-0.2, -0.15) is 0 Å². The van der Waals surface area contributed by atoms with Crippen molar-refractivity contribution in [3.63, 3.8) is 0 Å². The van der Waals surface area contributed by atoms with Crippen molar-refractivity contribution in [2.24, 2.45) is 0 Å². The van der Waals surface area contributed by atoms with Gasteiger partial charge in [-0.15, -0.1) is 0 Å². The van der Waals surface area contributed by atoms with Crippen LogP contribution < -0.4 is 10.6 Å². The van der Waals surface area contributed by atoms with Gasteiger partial charge in [0.2, 0.25) is 5.91 Å². The highest BCUT2D eigenvalue weighted by Gasteiger charge is 2.20. The fourth-order valence-electron chi connectivity index (χ4n) is 1.31. The lowest BCUT2D eigenvalue weighted by Crippen LogP contribution is -2.40. The van der Waals surface area contributed by atoms with E-state index in [1.54, 1.807) is 0 Å². The van der Waals surface area contributed by atoms with E-state index in [0.29, 0.717) is 26.1 Å². The van der Waals surface area contributed by atoms with Gasteiger partial charge in [-0.25, -0.2) is 0 Å². The van der Waals surface area contributed by atoms with Gasteiger partial charge in [-0.1, -0.05) is 13.8 Å². The largest absolute Gasteiger partial charge is 0.389 e. The van der Waals surface area contributed by atoms with Crippen molar-refractivity contribution in [3.05, 3.63) is 0 Å². The summed E-state index contributed by atoms with van der Waals surface area (Å²) in [6.45, 7) is 7.68. The third-order valence-electron chi connectivity index (χ3n) is 2.67. The zero-order chi connectivity index (χ0) is 11.7.